The van der Waals surface area contributed by atoms with Crippen LogP contribution in [-0.2, 0) is 22.5 Å². The van der Waals surface area contributed by atoms with E-state index < -0.39 is 12.1 Å². The number of rotatable bonds is 3. The summed E-state index contributed by atoms with van der Waals surface area (Å²) >= 11 is 0. The summed E-state index contributed by atoms with van der Waals surface area (Å²) in [4.78, 5) is 26.8. The predicted molar refractivity (Wildman–Crippen MR) is 93.0 cm³/mol. The van der Waals surface area contributed by atoms with Gasteiger partial charge in [-0.05, 0) is 42.7 Å². The fourth-order valence-electron chi connectivity index (χ4n) is 3.24. The highest BCUT2D eigenvalue weighted by atomic mass is 16.7. The number of ether oxygens (including phenoxy) is 3. The van der Waals surface area contributed by atoms with Crippen molar-refractivity contribution in [1.29, 1.82) is 0 Å². The van der Waals surface area contributed by atoms with Gasteiger partial charge in [0.1, 0.15) is 0 Å². The lowest BCUT2D eigenvalue weighted by Gasteiger charge is -2.30. The van der Waals surface area contributed by atoms with Crippen molar-refractivity contribution in [2.24, 2.45) is 0 Å². The van der Waals surface area contributed by atoms with E-state index in [2.05, 4.69) is 6.07 Å². The van der Waals surface area contributed by atoms with E-state index in [0.717, 1.165) is 12.0 Å². The Bertz CT molecular complexity index is 863. The highest BCUT2D eigenvalue weighted by Crippen LogP contribution is 2.32. The number of nitrogens with zero attached hydrogens (tertiary/aromatic N) is 1. The Morgan fingerprint density at radius 2 is 1.85 bits per heavy atom. The van der Waals surface area contributed by atoms with Crippen LogP contribution in [0.25, 0.3) is 0 Å². The Labute approximate surface area is 151 Å². The summed E-state index contributed by atoms with van der Waals surface area (Å²) in [5, 5.41) is 0. The third-order valence-corrected chi connectivity index (χ3v) is 4.68. The summed E-state index contributed by atoms with van der Waals surface area (Å²) in [6.07, 6.45) is -0.0386. The van der Waals surface area contributed by atoms with Crippen LogP contribution in [0.2, 0.25) is 0 Å². The zero-order chi connectivity index (χ0) is 18.1. The molecule has 0 aromatic heterocycles. The molecule has 0 fully saturated rings. The van der Waals surface area contributed by atoms with Gasteiger partial charge < -0.3 is 19.1 Å². The van der Waals surface area contributed by atoms with Gasteiger partial charge in [0.05, 0.1) is 5.56 Å². The van der Waals surface area contributed by atoms with Crippen LogP contribution in [0.4, 0.5) is 0 Å². The van der Waals surface area contributed by atoms with Gasteiger partial charge in [0.15, 0.2) is 17.6 Å². The highest BCUT2D eigenvalue weighted by Gasteiger charge is 2.27. The van der Waals surface area contributed by atoms with Crippen LogP contribution in [0.5, 0.6) is 11.5 Å². The highest BCUT2D eigenvalue weighted by molar-refractivity contribution is 5.93. The molecule has 0 saturated carbocycles. The van der Waals surface area contributed by atoms with E-state index in [1.54, 1.807) is 30.0 Å². The second-order valence-corrected chi connectivity index (χ2v) is 6.39. The van der Waals surface area contributed by atoms with Gasteiger partial charge in [-0.1, -0.05) is 24.3 Å². The molecule has 1 atom stereocenters. The maximum Gasteiger partial charge on any atom is 0.339 e. The molecular weight excluding hydrogens is 334 g/mol. The molecule has 26 heavy (non-hydrogen) atoms. The van der Waals surface area contributed by atoms with Gasteiger partial charge in [-0.25, -0.2) is 4.79 Å². The Morgan fingerprint density at radius 3 is 2.69 bits per heavy atom. The number of carbonyl (C=O) groups excluding carboxylic acids is 2. The lowest BCUT2D eigenvalue weighted by Crippen LogP contribution is -2.42. The number of fused-ring (bicyclic) bond motifs is 2. The molecule has 134 valence electrons. The third kappa shape index (κ3) is 3.10. The van der Waals surface area contributed by atoms with Crippen LogP contribution in [0.3, 0.4) is 0 Å². The van der Waals surface area contributed by atoms with E-state index in [9.17, 15) is 9.59 Å². The van der Waals surface area contributed by atoms with Crippen molar-refractivity contribution in [3.8, 4) is 11.5 Å². The predicted octanol–water partition coefficient (Wildman–Crippen LogP) is 2.55. The maximum atomic E-state index is 12.7. The van der Waals surface area contributed by atoms with Gasteiger partial charge in [0, 0.05) is 13.1 Å². The van der Waals surface area contributed by atoms with Crippen LogP contribution < -0.4 is 9.47 Å². The van der Waals surface area contributed by atoms with Crippen molar-refractivity contribution in [2.45, 2.75) is 26.0 Å². The minimum absolute atomic E-state index is 0.138. The Morgan fingerprint density at radius 1 is 1.08 bits per heavy atom. The molecule has 0 saturated heterocycles. The van der Waals surface area contributed by atoms with Crippen LogP contribution in [0, 0.1) is 0 Å². The molecule has 2 aromatic rings. The summed E-state index contributed by atoms with van der Waals surface area (Å²) in [5.41, 5.74) is 2.74. The average Bonchev–Trinajstić information content (AvgIpc) is 3.14. The molecule has 6 nitrogen and oxygen atoms in total. The van der Waals surface area contributed by atoms with Crippen molar-refractivity contribution in [3.05, 3.63) is 59.2 Å². The Balaban J connectivity index is 1.41. The number of hydrogen-bond donors (Lipinski definition) is 0. The normalized spacial score (nSPS) is 16.0. The topological polar surface area (TPSA) is 65.1 Å². The number of carbonyl (C=O) groups is 2. The summed E-state index contributed by atoms with van der Waals surface area (Å²) in [6.45, 7) is 2.91. The number of hydrogen-bond acceptors (Lipinski definition) is 5. The molecule has 0 N–H and O–H groups in total. The van der Waals surface area contributed by atoms with Crippen LogP contribution in [0.15, 0.2) is 42.5 Å². The molecule has 1 amide bonds. The van der Waals surface area contributed by atoms with Gasteiger partial charge in [0.25, 0.3) is 5.91 Å². The number of esters is 1. The fourth-order valence-corrected chi connectivity index (χ4v) is 3.24. The van der Waals surface area contributed by atoms with Gasteiger partial charge in [-0.15, -0.1) is 0 Å². The quantitative estimate of drug-likeness (QED) is 0.794. The van der Waals surface area contributed by atoms with Crippen molar-refractivity contribution in [1.82, 2.24) is 4.90 Å². The average molecular weight is 353 g/mol. The van der Waals surface area contributed by atoms with E-state index in [0.29, 0.717) is 30.2 Å². The molecule has 0 radical (unpaired) electrons. The van der Waals surface area contributed by atoms with Gasteiger partial charge >= 0.3 is 5.97 Å². The van der Waals surface area contributed by atoms with Gasteiger partial charge in [0.2, 0.25) is 6.79 Å². The number of benzene rings is 2. The summed E-state index contributed by atoms with van der Waals surface area (Å²) in [6, 6.07) is 12.9. The summed E-state index contributed by atoms with van der Waals surface area (Å²) in [5.74, 6) is 0.360. The molecule has 2 heterocycles. The third-order valence-electron chi connectivity index (χ3n) is 4.68. The van der Waals surface area contributed by atoms with Crippen LogP contribution >= 0.6 is 0 Å². The lowest BCUT2D eigenvalue weighted by atomic mass is 9.99. The van der Waals surface area contributed by atoms with E-state index in [-0.39, 0.29) is 12.7 Å². The first-order valence-electron chi connectivity index (χ1n) is 8.58. The van der Waals surface area contributed by atoms with E-state index in [1.165, 1.54) is 5.56 Å². The smallest absolute Gasteiger partial charge is 0.339 e. The molecule has 0 aliphatic carbocycles. The molecule has 2 aromatic carbocycles. The molecule has 0 unspecified atom stereocenters. The minimum Gasteiger partial charge on any atom is -0.454 e. The summed E-state index contributed by atoms with van der Waals surface area (Å²) in [7, 11) is 0. The van der Waals surface area contributed by atoms with Crippen molar-refractivity contribution in [3.63, 3.8) is 0 Å². The SMILES string of the molecule is C[C@H](OC(=O)c1ccc2c(c1)OCO2)C(=O)N1CCc2ccccc2C1. The minimum atomic E-state index is -0.849. The van der Waals surface area contributed by atoms with E-state index >= 15 is 0 Å². The monoisotopic (exact) mass is 353 g/mol. The molecule has 0 bridgehead atoms. The van der Waals surface area contributed by atoms with Crippen molar-refractivity contribution >= 4 is 11.9 Å². The second kappa shape index (κ2) is 6.71. The largest absolute Gasteiger partial charge is 0.454 e. The first-order chi connectivity index (χ1) is 12.6. The Hall–Kier alpha value is -3.02. The molecular formula is C20H19NO5. The molecule has 0 spiro atoms. The molecule has 2 aliphatic heterocycles. The lowest BCUT2D eigenvalue weighted by molar-refractivity contribution is -0.140. The molecule has 2 aliphatic rings. The fraction of sp³-hybridized carbons (Fsp3) is 0.300. The maximum absolute atomic E-state index is 12.7. The van der Waals surface area contributed by atoms with E-state index in [1.807, 2.05) is 18.2 Å². The van der Waals surface area contributed by atoms with E-state index in [4.69, 9.17) is 14.2 Å². The van der Waals surface area contributed by atoms with Crippen LogP contribution in [-0.4, -0.2) is 36.2 Å². The number of amides is 1. The zero-order valence-corrected chi connectivity index (χ0v) is 14.4. The molecule has 6 heteroatoms. The Kier molecular flexibility index (Phi) is 4.24. The van der Waals surface area contributed by atoms with Gasteiger partial charge in [-0.3, -0.25) is 4.79 Å². The van der Waals surface area contributed by atoms with Gasteiger partial charge in [-0.2, -0.15) is 0 Å². The standard InChI is InChI=1S/C20H19NO5/c1-13(19(22)21-9-8-14-4-2-3-5-16(14)11-21)26-20(23)15-6-7-17-18(10-15)25-12-24-17/h2-7,10,13H,8-9,11-12H2,1H3/t13-/m0/s1. The summed E-state index contributed by atoms with van der Waals surface area (Å²) < 4.78 is 15.9. The van der Waals surface area contributed by atoms with Crippen molar-refractivity contribution in [2.75, 3.05) is 13.3 Å². The second-order valence-electron chi connectivity index (χ2n) is 6.39. The molecule has 4 rings (SSSR count). The zero-order valence-electron chi connectivity index (χ0n) is 14.4. The first-order valence-corrected chi connectivity index (χ1v) is 8.58. The van der Waals surface area contributed by atoms with Crippen LogP contribution in [0.1, 0.15) is 28.4 Å². The first kappa shape index (κ1) is 16.4. The van der Waals surface area contributed by atoms with Crippen molar-refractivity contribution < 1.29 is 23.8 Å².